The Morgan fingerprint density at radius 3 is 2.59 bits per heavy atom. The number of thioether (sulfide) groups is 1. The molecule has 2 aromatic carbocycles. The number of likely N-dealkylation sites (tertiary alicyclic amines) is 1. The lowest BCUT2D eigenvalue weighted by atomic mass is 10.0. The van der Waals surface area contributed by atoms with E-state index in [4.69, 9.17) is 0 Å². The number of nitrogens with one attached hydrogen (secondary N) is 1. The summed E-state index contributed by atoms with van der Waals surface area (Å²) in [7, 11) is 0. The van der Waals surface area contributed by atoms with Gasteiger partial charge in [-0.15, -0.1) is 11.8 Å². The molecule has 2 heterocycles. The second kappa shape index (κ2) is 7.67. The minimum Gasteiger partial charge on any atom is -0.324 e. The van der Waals surface area contributed by atoms with Crippen molar-refractivity contribution in [1.29, 1.82) is 0 Å². The average molecular weight is 417 g/mol. The highest BCUT2D eigenvalue weighted by molar-refractivity contribution is 8.02. The van der Waals surface area contributed by atoms with Gasteiger partial charge in [-0.1, -0.05) is 12.1 Å². The van der Waals surface area contributed by atoms with Gasteiger partial charge in [-0.3, -0.25) is 9.69 Å². The Kier molecular flexibility index (Phi) is 5.21. The normalized spacial score (nSPS) is 18.4. The van der Waals surface area contributed by atoms with Gasteiger partial charge < -0.3 is 10.2 Å². The highest BCUT2D eigenvalue weighted by atomic mass is 32.2. The first-order chi connectivity index (χ1) is 13.9. The third-order valence-electron chi connectivity index (χ3n) is 5.39. The number of benzene rings is 2. The second-order valence-corrected chi connectivity index (χ2v) is 8.68. The number of hydrogen-bond acceptors (Lipinski definition) is 3. The van der Waals surface area contributed by atoms with E-state index in [0.29, 0.717) is 31.7 Å². The van der Waals surface area contributed by atoms with Crippen LogP contribution >= 0.6 is 11.8 Å². The molecular formula is C21H21F2N3O2S. The second-order valence-electron chi connectivity index (χ2n) is 7.34. The van der Waals surface area contributed by atoms with E-state index in [-0.39, 0.29) is 16.5 Å². The summed E-state index contributed by atoms with van der Waals surface area (Å²) in [5.74, 6) is -1.01. The first kappa shape index (κ1) is 19.7. The summed E-state index contributed by atoms with van der Waals surface area (Å²) < 4.78 is 26.9. The Labute approximate surface area is 172 Å². The van der Waals surface area contributed by atoms with Crippen LogP contribution in [0.5, 0.6) is 0 Å². The summed E-state index contributed by atoms with van der Waals surface area (Å²) in [6, 6.07) is 10.5. The molecule has 0 saturated carbocycles. The predicted octanol–water partition coefficient (Wildman–Crippen LogP) is 4.38. The Hall–Kier alpha value is -2.61. The van der Waals surface area contributed by atoms with Gasteiger partial charge in [-0.25, -0.2) is 13.6 Å². The van der Waals surface area contributed by atoms with Gasteiger partial charge in [0.05, 0.1) is 16.3 Å². The molecule has 0 bridgehead atoms. The van der Waals surface area contributed by atoms with Crippen LogP contribution in [0.25, 0.3) is 0 Å². The number of piperidine rings is 1. The first-order valence-corrected chi connectivity index (χ1v) is 10.4. The molecule has 0 atom stereocenters. The summed E-state index contributed by atoms with van der Waals surface area (Å²) >= 11 is 1.62. The summed E-state index contributed by atoms with van der Waals surface area (Å²) in [6.45, 7) is 2.87. The summed E-state index contributed by atoms with van der Waals surface area (Å²) in [5.41, 5.74) is 1.91. The summed E-state index contributed by atoms with van der Waals surface area (Å²) in [5, 5.41) is 2.50. The quantitative estimate of drug-likeness (QED) is 0.789. The number of amides is 3. The molecule has 2 aromatic rings. The fourth-order valence-corrected chi connectivity index (χ4v) is 5.24. The zero-order valence-electron chi connectivity index (χ0n) is 16.0. The van der Waals surface area contributed by atoms with Crippen LogP contribution < -0.4 is 10.2 Å². The number of rotatable bonds is 2. The number of aryl methyl sites for hydroxylation is 1. The van der Waals surface area contributed by atoms with Crippen molar-refractivity contribution in [3.8, 4) is 0 Å². The van der Waals surface area contributed by atoms with Crippen molar-refractivity contribution in [2.45, 2.75) is 24.6 Å². The molecular weight excluding hydrogens is 396 g/mol. The molecule has 0 radical (unpaired) electrons. The van der Waals surface area contributed by atoms with Gasteiger partial charge in [0.2, 0.25) is 5.91 Å². The number of urea groups is 1. The fourth-order valence-electron chi connectivity index (χ4n) is 3.91. The SMILES string of the molecule is Cc1cccc(N2C(=O)CSC23CCN(C(=O)Nc2ccc(F)cc2F)CC3)c1. The van der Waals surface area contributed by atoms with Crippen molar-refractivity contribution in [1.82, 2.24) is 4.90 Å². The van der Waals surface area contributed by atoms with E-state index in [0.717, 1.165) is 23.4 Å². The molecule has 8 heteroatoms. The third kappa shape index (κ3) is 3.81. The van der Waals surface area contributed by atoms with Crippen molar-refractivity contribution in [3.63, 3.8) is 0 Å². The van der Waals surface area contributed by atoms with Crippen LogP contribution in [0.4, 0.5) is 25.0 Å². The lowest BCUT2D eigenvalue weighted by Crippen LogP contribution is -2.53. The lowest BCUT2D eigenvalue weighted by Gasteiger charge is -2.44. The van der Waals surface area contributed by atoms with Crippen LogP contribution in [0.3, 0.4) is 0 Å². The molecule has 2 fully saturated rings. The zero-order valence-corrected chi connectivity index (χ0v) is 16.8. The van der Waals surface area contributed by atoms with Gasteiger partial charge in [0, 0.05) is 24.8 Å². The average Bonchev–Trinajstić information content (AvgIpc) is 3.00. The molecule has 0 aliphatic carbocycles. The molecule has 3 amide bonds. The van der Waals surface area contributed by atoms with Crippen LogP contribution in [0, 0.1) is 18.6 Å². The van der Waals surface area contributed by atoms with Crippen LogP contribution in [0.1, 0.15) is 18.4 Å². The van der Waals surface area contributed by atoms with Gasteiger partial charge >= 0.3 is 6.03 Å². The van der Waals surface area contributed by atoms with Crippen LogP contribution in [-0.4, -0.2) is 40.6 Å². The topological polar surface area (TPSA) is 52.7 Å². The maximum Gasteiger partial charge on any atom is 0.321 e. The zero-order chi connectivity index (χ0) is 20.6. The maximum absolute atomic E-state index is 13.8. The minimum absolute atomic E-state index is 0.0523. The molecule has 0 unspecified atom stereocenters. The largest absolute Gasteiger partial charge is 0.324 e. The van der Waals surface area contributed by atoms with E-state index >= 15 is 0 Å². The maximum atomic E-state index is 13.8. The Balaban J connectivity index is 1.46. The van der Waals surface area contributed by atoms with E-state index < -0.39 is 17.7 Å². The highest BCUT2D eigenvalue weighted by Crippen LogP contribution is 2.46. The summed E-state index contributed by atoms with van der Waals surface area (Å²) in [4.78, 5) is 28.3. The monoisotopic (exact) mass is 417 g/mol. The molecule has 1 N–H and O–H groups in total. The smallest absolute Gasteiger partial charge is 0.321 e. The number of carbonyl (C=O) groups is 2. The van der Waals surface area contributed by atoms with Gasteiger partial charge in [0.1, 0.15) is 11.6 Å². The molecule has 5 nitrogen and oxygen atoms in total. The van der Waals surface area contributed by atoms with Gasteiger partial charge in [0.25, 0.3) is 0 Å². The van der Waals surface area contributed by atoms with Crippen molar-refractivity contribution >= 4 is 35.1 Å². The van der Waals surface area contributed by atoms with E-state index in [1.54, 1.807) is 16.7 Å². The first-order valence-electron chi connectivity index (χ1n) is 9.43. The molecule has 2 aliphatic heterocycles. The summed E-state index contributed by atoms with van der Waals surface area (Å²) in [6.07, 6.45) is 1.24. The van der Waals surface area contributed by atoms with E-state index in [1.807, 2.05) is 36.1 Å². The minimum atomic E-state index is -0.811. The lowest BCUT2D eigenvalue weighted by molar-refractivity contribution is -0.116. The van der Waals surface area contributed by atoms with Crippen LogP contribution in [0.15, 0.2) is 42.5 Å². The number of hydrogen-bond donors (Lipinski definition) is 1. The van der Waals surface area contributed by atoms with Crippen molar-refractivity contribution in [3.05, 3.63) is 59.7 Å². The molecule has 4 rings (SSSR count). The molecule has 0 aromatic heterocycles. The van der Waals surface area contributed by atoms with E-state index in [1.165, 1.54) is 6.07 Å². The van der Waals surface area contributed by atoms with Crippen LogP contribution in [0.2, 0.25) is 0 Å². The Morgan fingerprint density at radius 2 is 1.90 bits per heavy atom. The van der Waals surface area contributed by atoms with Crippen molar-refractivity contribution < 1.29 is 18.4 Å². The van der Waals surface area contributed by atoms with Gasteiger partial charge in [-0.05, 0) is 49.6 Å². The van der Waals surface area contributed by atoms with Crippen LogP contribution in [-0.2, 0) is 4.79 Å². The number of nitrogens with zero attached hydrogens (tertiary/aromatic N) is 2. The predicted molar refractivity (Wildman–Crippen MR) is 110 cm³/mol. The molecule has 29 heavy (non-hydrogen) atoms. The molecule has 152 valence electrons. The van der Waals surface area contributed by atoms with Crippen molar-refractivity contribution in [2.75, 3.05) is 29.1 Å². The Morgan fingerprint density at radius 1 is 1.14 bits per heavy atom. The van der Waals surface area contributed by atoms with Gasteiger partial charge in [0.15, 0.2) is 0 Å². The number of halogens is 2. The fraction of sp³-hybridized carbons (Fsp3) is 0.333. The number of anilines is 2. The van der Waals surface area contributed by atoms with E-state index in [2.05, 4.69) is 5.32 Å². The van der Waals surface area contributed by atoms with E-state index in [9.17, 15) is 18.4 Å². The van der Waals surface area contributed by atoms with Crippen molar-refractivity contribution in [2.24, 2.45) is 0 Å². The molecule has 2 saturated heterocycles. The standard InChI is InChI=1S/C21H21F2N3O2S/c1-14-3-2-4-16(11-14)26-19(27)13-29-21(26)7-9-25(10-8-21)20(28)24-18-6-5-15(22)12-17(18)23/h2-6,11-12H,7-10,13H2,1H3,(H,24,28). The van der Waals surface area contributed by atoms with Gasteiger partial charge in [-0.2, -0.15) is 0 Å². The molecule has 2 aliphatic rings. The third-order valence-corrected chi connectivity index (χ3v) is 6.91. The number of carbonyl (C=O) groups excluding carboxylic acids is 2. The Bertz CT molecular complexity index is 961. The molecule has 1 spiro atoms. The highest BCUT2D eigenvalue weighted by Gasteiger charge is 2.49.